The third kappa shape index (κ3) is 3.02. The Hall–Kier alpha value is -1.38. The summed E-state index contributed by atoms with van der Waals surface area (Å²) in [7, 11) is 0. The average molecular weight is 308 g/mol. The summed E-state index contributed by atoms with van der Waals surface area (Å²) in [5, 5.41) is 4.61. The van der Waals surface area contributed by atoms with Crippen LogP contribution >= 0.6 is 23.2 Å². The molecule has 2 aromatic rings. The SMILES string of the molecule is Clc1ccc(OC2CCc3ccccc3NC2)c(Cl)c1. The smallest absolute Gasteiger partial charge is 0.138 e. The molecule has 1 aliphatic heterocycles. The highest BCUT2D eigenvalue weighted by Gasteiger charge is 2.17. The molecule has 0 saturated carbocycles. The summed E-state index contributed by atoms with van der Waals surface area (Å²) in [6.07, 6.45) is 2.06. The van der Waals surface area contributed by atoms with E-state index in [1.165, 1.54) is 11.3 Å². The zero-order valence-electron chi connectivity index (χ0n) is 10.9. The number of nitrogens with one attached hydrogen (secondary N) is 1. The van der Waals surface area contributed by atoms with Crippen molar-refractivity contribution in [1.29, 1.82) is 0 Å². The highest BCUT2D eigenvalue weighted by Crippen LogP contribution is 2.30. The molecule has 1 unspecified atom stereocenters. The Kier molecular flexibility index (Phi) is 4.04. The van der Waals surface area contributed by atoms with Crippen LogP contribution in [0.2, 0.25) is 10.0 Å². The van der Waals surface area contributed by atoms with Crippen LogP contribution in [0.5, 0.6) is 5.75 Å². The van der Waals surface area contributed by atoms with Gasteiger partial charge in [-0.3, -0.25) is 0 Å². The molecule has 0 radical (unpaired) electrons. The molecule has 2 nitrogen and oxygen atoms in total. The number of aryl methyl sites for hydroxylation is 1. The number of benzene rings is 2. The van der Waals surface area contributed by atoms with Gasteiger partial charge in [0.1, 0.15) is 11.9 Å². The van der Waals surface area contributed by atoms with Gasteiger partial charge >= 0.3 is 0 Å². The summed E-state index contributed by atoms with van der Waals surface area (Å²) < 4.78 is 6.00. The van der Waals surface area contributed by atoms with Crippen LogP contribution in [-0.4, -0.2) is 12.6 Å². The minimum atomic E-state index is 0.0982. The van der Waals surface area contributed by atoms with Crippen LogP contribution in [-0.2, 0) is 6.42 Å². The molecule has 0 fully saturated rings. The Balaban J connectivity index is 1.71. The first kappa shape index (κ1) is 13.6. The number of ether oxygens (including phenoxy) is 1. The number of hydrogen-bond donors (Lipinski definition) is 1. The van der Waals surface area contributed by atoms with Crippen LogP contribution in [0.25, 0.3) is 0 Å². The topological polar surface area (TPSA) is 21.3 Å². The van der Waals surface area contributed by atoms with Gasteiger partial charge in [-0.15, -0.1) is 0 Å². The summed E-state index contributed by atoms with van der Waals surface area (Å²) in [5.41, 5.74) is 2.53. The molecule has 2 aromatic carbocycles. The fraction of sp³-hybridized carbons (Fsp3) is 0.250. The van der Waals surface area contributed by atoms with Gasteiger partial charge in [0.2, 0.25) is 0 Å². The zero-order valence-corrected chi connectivity index (χ0v) is 12.4. The predicted molar refractivity (Wildman–Crippen MR) is 84.1 cm³/mol. The summed E-state index contributed by atoms with van der Waals surface area (Å²) in [6, 6.07) is 13.7. The van der Waals surface area contributed by atoms with Crippen molar-refractivity contribution in [3.05, 3.63) is 58.1 Å². The van der Waals surface area contributed by atoms with E-state index in [0.717, 1.165) is 19.4 Å². The molecule has 1 aliphatic rings. The molecule has 0 bridgehead atoms. The molecule has 0 aromatic heterocycles. The molecule has 1 atom stereocenters. The fourth-order valence-electron chi connectivity index (χ4n) is 2.40. The third-order valence-electron chi connectivity index (χ3n) is 3.46. The van der Waals surface area contributed by atoms with Gasteiger partial charge in [0.25, 0.3) is 0 Å². The molecule has 0 spiro atoms. The van der Waals surface area contributed by atoms with Crippen molar-refractivity contribution < 1.29 is 4.74 Å². The first-order valence-corrected chi connectivity index (χ1v) is 7.41. The Morgan fingerprint density at radius 2 is 1.95 bits per heavy atom. The fourth-order valence-corrected chi connectivity index (χ4v) is 2.86. The number of hydrogen-bond acceptors (Lipinski definition) is 2. The molecular weight excluding hydrogens is 293 g/mol. The number of halogens is 2. The maximum absolute atomic E-state index is 6.15. The second-order valence-electron chi connectivity index (χ2n) is 4.89. The second kappa shape index (κ2) is 5.94. The van der Waals surface area contributed by atoms with Gasteiger partial charge < -0.3 is 10.1 Å². The predicted octanol–water partition coefficient (Wildman–Crippen LogP) is 4.80. The molecule has 1 N–H and O–H groups in total. The quantitative estimate of drug-likeness (QED) is 0.860. The lowest BCUT2D eigenvalue weighted by Crippen LogP contribution is -2.25. The second-order valence-corrected chi connectivity index (χ2v) is 5.73. The van der Waals surface area contributed by atoms with Crippen LogP contribution in [0.15, 0.2) is 42.5 Å². The lowest BCUT2D eigenvalue weighted by atomic mass is 10.1. The number of para-hydroxylation sites is 1. The van der Waals surface area contributed by atoms with Gasteiger partial charge in [-0.1, -0.05) is 41.4 Å². The van der Waals surface area contributed by atoms with Gasteiger partial charge in [-0.25, -0.2) is 0 Å². The lowest BCUT2D eigenvalue weighted by molar-refractivity contribution is 0.206. The molecule has 20 heavy (non-hydrogen) atoms. The van der Waals surface area contributed by atoms with Gasteiger partial charge in [-0.2, -0.15) is 0 Å². The van der Waals surface area contributed by atoms with E-state index in [-0.39, 0.29) is 6.10 Å². The first-order chi connectivity index (χ1) is 9.72. The number of anilines is 1. The molecule has 1 heterocycles. The molecule has 0 saturated heterocycles. The Morgan fingerprint density at radius 3 is 2.80 bits per heavy atom. The van der Waals surface area contributed by atoms with Crippen molar-refractivity contribution in [2.24, 2.45) is 0 Å². The van der Waals surface area contributed by atoms with Crippen molar-refractivity contribution in [3.8, 4) is 5.75 Å². The normalized spacial score (nSPS) is 17.8. The summed E-state index contributed by atoms with van der Waals surface area (Å²) in [4.78, 5) is 0. The van der Waals surface area contributed by atoms with Crippen molar-refractivity contribution >= 4 is 28.9 Å². The maximum atomic E-state index is 6.15. The van der Waals surface area contributed by atoms with Crippen molar-refractivity contribution in [1.82, 2.24) is 0 Å². The largest absolute Gasteiger partial charge is 0.487 e. The van der Waals surface area contributed by atoms with Crippen molar-refractivity contribution in [2.45, 2.75) is 18.9 Å². The van der Waals surface area contributed by atoms with E-state index >= 15 is 0 Å². The Morgan fingerprint density at radius 1 is 1.10 bits per heavy atom. The molecule has 0 aliphatic carbocycles. The highest BCUT2D eigenvalue weighted by atomic mass is 35.5. The third-order valence-corrected chi connectivity index (χ3v) is 3.99. The van der Waals surface area contributed by atoms with Crippen molar-refractivity contribution in [3.63, 3.8) is 0 Å². The monoisotopic (exact) mass is 307 g/mol. The standard InChI is InChI=1S/C16H15Cl2NO/c17-12-6-8-16(14(18)9-12)20-13-7-5-11-3-1-2-4-15(11)19-10-13/h1-4,6,8-9,13,19H,5,7,10H2. The van der Waals surface area contributed by atoms with E-state index in [1.807, 2.05) is 12.1 Å². The van der Waals surface area contributed by atoms with Gasteiger partial charge in [0, 0.05) is 10.7 Å². The average Bonchev–Trinajstić information content (AvgIpc) is 2.65. The van der Waals surface area contributed by atoms with Crippen LogP contribution in [0.4, 0.5) is 5.69 Å². The lowest BCUT2D eigenvalue weighted by Gasteiger charge is -2.18. The van der Waals surface area contributed by atoms with Gasteiger partial charge in [0.15, 0.2) is 0 Å². The molecule has 104 valence electrons. The van der Waals surface area contributed by atoms with E-state index in [4.69, 9.17) is 27.9 Å². The van der Waals surface area contributed by atoms with E-state index in [2.05, 4.69) is 23.5 Å². The number of rotatable bonds is 2. The minimum absolute atomic E-state index is 0.0982. The molecule has 3 rings (SSSR count). The van der Waals surface area contributed by atoms with Crippen LogP contribution in [0, 0.1) is 0 Å². The maximum Gasteiger partial charge on any atom is 0.138 e. The summed E-state index contributed by atoms with van der Waals surface area (Å²) in [5.74, 6) is 0.689. The molecular formula is C16H15Cl2NO. The van der Waals surface area contributed by atoms with E-state index in [9.17, 15) is 0 Å². The summed E-state index contributed by atoms with van der Waals surface area (Å²) in [6.45, 7) is 0.774. The minimum Gasteiger partial charge on any atom is -0.487 e. The highest BCUT2D eigenvalue weighted by molar-refractivity contribution is 6.35. The van der Waals surface area contributed by atoms with Crippen molar-refractivity contribution in [2.75, 3.05) is 11.9 Å². The molecule has 4 heteroatoms. The van der Waals surface area contributed by atoms with E-state index in [1.54, 1.807) is 12.1 Å². The molecule has 0 amide bonds. The zero-order chi connectivity index (χ0) is 13.9. The Bertz CT molecular complexity index is 588. The van der Waals surface area contributed by atoms with Crippen LogP contribution < -0.4 is 10.1 Å². The van der Waals surface area contributed by atoms with Gasteiger partial charge in [0.05, 0.1) is 11.6 Å². The van der Waals surface area contributed by atoms with Crippen LogP contribution in [0.3, 0.4) is 0 Å². The first-order valence-electron chi connectivity index (χ1n) is 6.66. The summed E-state index contributed by atoms with van der Waals surface area (Å²) >= 11 is 12.0. The van der Waals surface area contributed by atoms with E-state index in [0.29, 0.717) is 15.8 Å². The van der Waals surface area contributed by atoms with Gasteiger partial charge in [-0.05, 0) is 42.7 Å². The number of fused-ring (bicyclic) bond motifs is 1. The Labute approximate surface area is 128 Å². The van der Waals surface area contributed by atoms with E-state index < -0.39 is 0 Å². The van der Waals surface area contributed by atoms with Crippen LogP contribution in [0.1, 0.15) is 12.0 Å².